The number of anilines is 1. The summed E-state index contributed by atoms with van der Waals surface area (Å²) in [6.07, 6.45) is 4.99. The van der Waals surface area contributed by atoms with Crippen LogP contribution >= 0.6 is 23.1 Å². The molecule has 3 aromatic rings. The van der Waals surface area contributed by atoms with Crippen LogP contribution in [0.25, 0.3) is 21.3 Å². The largest absolute Gasteiger partial charge is 0.397 e. The molecule has 4 heteroatoms. The molecule has 1 aliphatic carbocycles. The van der Waals surface area contributed by atoms with E-state index in [4.69, 9.17) is 10.7 Å². The average molecular weight is 355 g/mol. The van der Waals surface area contributed by atoms with Gasteiger partial charge in [-0.05, 0) is 42.2 Å². The zero-order chi connectivity index (χ0) is 16.5. The lowest BCUT2D eigenvalue weighted by Gasteiger charge is -2.08. The fraction of sp³-hybridized carbons (Fsp3) is 0.350. The third kappa shape index (κ3) is 3.05. The molecule has 1 aliphatic rings. The van der Waals surface area contributed by atoms with Crippen molar-refractivity contribution in [2.75, 3.05) is 11.5 Å². The van der Waals surface area contributed by atoms with Crippen LogP contribution in [-0.4, -0.2) is 10.7 Å². The molecule has 0 aliphatic heterocycles. The summed E-state index contributed by atoms with van der Waals surface area (Å²) in [6.45, 7) is 2.23. The molecule has 0 bridgehead atoms. The molecule has 1 fully saturated rings. The van der Waals surface area contributed by atoms with E-state index in [1.54, 1.807) is 11.3 Å². The van der Waals surface area contributed by atoms with Crippen LogP contribution in [0.2, 0.25) is 0 Å². The topological polar surface area (TPSA) is 38.9 Å². The van der Waals surface area contributed by atoms with Gasteiger partial charge in [0.05, 0.1) is 9.90 Å². The summed E-state index contributed by atoms with van der Waals surface area (Å²) in [5.41, 5.74) is 11.2. The number of hydrogen-bond acceptors (Lipinski definition) is 4. The SMILES string of the molecule is CCCCSc1sc2nc(C3CC3)cc(-c3ccccc3)c2c1N. The molecule has 0 unspecified atom stereocenters. The number of hydrogen-bond donors (Lipinski definition) is 1. The Morgan fingerprint density at radius 1 is 1.25 bits per heavy atom. The van der Waals surface area contributed by atoms with E-state index in [1.165, 1.54) is 46.7 Å². The predicted octanol–water partition coefficient (Wildman–Crippen LogP) is 6.32. The van der Waals surface area contributed by atoms with Crippen molar-refractivity contribution in [1.82, 2.24) is 4.98 Å². The lowest BCUT2D eigenvalue weighted by molar-refractivity contribution is 0.897. The van der Waals surface area contributed by atoms with Crippen LogP contribution in [0.1, 0.15) is 44.2 Å². The first-order valence-corrected chi connectivity index (χ1v) is 10.5. The summed E-state index contributed by atoms with van der Waals surface area (Å²) >= 11 is 3.65. The molecule has 0 spiro atoms. The lowest BCUT2D eigenvalue weighted by Crippen LogP contribution is -1.92. The monoisotopic (exact) mass is 354 g/mol. The summed E-state index contributed by atoms with van der Waals surface area (Å²) < 4.78 is 1.23. The summed E-state index contributed by atoms with van der Waals surface area (Å²) in [5.74, 6) is 1.78. The van der Waals surface area contributed by atoms with Crippen LogP contribution in [0.4, 0.5) is 5.69 Å². The van der Waals surface area contributed by atoms with E-state index in [0.717, 1.165) is 21.7 Å². The zero-order valence-electron chi connectivity index (χ0n) is 13.9. The number of thioether (sulfide) groups is 1. The number of fused-ring (bicyclic) bond motifs is 1. The highest BCUT2D eigenvalue weighted by Gasteiger charge is 2.27. The van der Waals surface area contributed by atoms with Gasteiger partial charge in [-0.3, -0.25) is 0 Å². The Labute approximate surface area is 151 Å². The molecule has 24 heavy (non-hydrogen) atoms. The molecule has 0 atom stereocenters. The molecule has 0 amide bonds. The molecular formula is C20H22N2S2. The van der Waals surface area contributed by atoms with Crippen LogP contribution in [0, 0.1) is 0 Å². The minimum atomic E-state index is 0.649. The summed E-state index contributed by atoms with van der Waals surface area (Å²) in [7, 11) is 0. The van der Waals surface area contributed by atoms with Gasteiger partial charge < -0.3 is 5.73 Å². The van der Waals surface area contributed by atoms with Crippen molar-refractivity contribution in [2.45, 2.75) is 42.7 Å². The van der Waals surface area contributed by atoms with Crippen molar-refractivity contribution >= 4 is 39.0 Å². The fourth-order valence-electron chi connectivity index (χ4n) is 2.97. The van der Waals surface area contributed by atoms with Crippen molar-refractivity contribution < 1.29 is 0 Å². The normalized spacial score (nSPS) is 14.4. The van der Waals surface area contributed by atoms with Crippen molar-refractivity contribution in [3.63, 3.8) is 0 Å². The number of nitrogen functional groups attached to an aromatic ring is 1. The van der Waals surface area contributed by atoms with Crippen molar-refractivity contribution in [3.05, 3.63) is 42.1 Å². The van der Waals surface area contributed by atoms with E-state index in [9.17, 15) is 0 Å². The molecule has 2 nitrogen and oxygen atoms in total. The number of aromatic nitrogens is 1. The lowest BCUT2D eigenvalue weighted by atomic mass is 10.0. The third-order valence-corrected chi connectivity index (χ3v) is 6.97. The Balaban J connectivity index is 1.85. The standard InChI is InChI=1S/C20H22N2S2/c1-2-3-11-23-20-18(21)17-15(13-7-5-4-6-8-13)12-16(14-9-10-14)22-19(17)24-20/h4-8,12,14H,2-3,9-11,21H2,1H3. The van der Waals surface area contributed by atoms with E-state index in [1.807, 2.05) is 11.8 Å². The number of pyridine rings is 1. The number of rotatable bonds is 6. The Hall–Kier alpha value is -1.52. The predicted molar refractivity (Wildman–Crippen MR) is 107 cm³/mol. The molecule has 2 aromatic heterocycles. The molecule has 4 rings (SSSR count). The van der Waals surface area contributed by atoms with Gasteiger partial charge in [-0.25, -0.2) is 4.98 Å². The summed E-state index contributed by atoms with van der Waals surface area (Å²) in [6, 6.07) is 12.9. The van der Waals surface area contributed by atoms with Crippen LogP contribution in [0.15, 0.2) is 40.6 Å². The van der Waals surface area contributed by atoms with Crippen LogP contribution in [0.5, 0.6) is 0 Å². The van der Waals surface area contributed by atoms with Gasteiger partial charge in [0.15, 0.2) is 0 Å². The van der Waals surface area contributed by atoms with Gasteiger partial charge in [-0.2, -0.15) is 0 Å². The minimum absolute atomic E-state index is 0.649. The molecule has 124 valence electrons. The van der Waals surface area contributed by atoms with E-state index in [2.05, 4.69) is 43.3 Å². The van der Waals surface area contributed by atoms with Crippen molar-refractivity contribution in [1.29, 1.82) is 0 Å². The molecule has 0 saturated heterocycles. The van der Waals surface area contributed by atoms with Crippen molar-refractivity contribution in [3.8, 4) is 11.1 Å². The second-order valence-corrected chi connectivity index (χ2v) is 8.78. The number of nitrogens with zero attached hydrogens (tertiary/aromatic N) is 1. The highest BCUT2D eigenvalue weighted by molar-refractivity contribution is 8.01. The van der Waals surface area contributed by atoms with E-state index in [-0.39, 0.29) is 0 Å². The molecular weight excluding hydrogens is 332 g/mol. The second kappa shape index (κ2) is 6.77. The first-order chi connectivity index (χ1) is 11.8. The van der Waals surface area contributed by atoms with Gasteiger partial charge in [-0.1, -0.05) is 43.7 Å². The van der Waals surface area contributed by atoms with Gasteiger partial charge >= 0.3 is 0 Å². The van der Waals surface area contributed by atoms with E-state index in [0.29, 0.717) is 5.92 Å². The maximum Gasteiger partial charge on any atom is 0.127 e. The Kier molecular flexibility index (Phi) is 4.51. The highest BCUT2D eigenvalue weighted by atomic mass is 32.2. The fourth-order valence-corrected chi connectivity index (χ4v) is 5.43. The number of benzene rings is 1. The van der Waals surface area contributed by atoms with Crippen LogP contribution < -0.4 is 5.73 Å². The molecule has 1 saturated carbocycles. The van der Waals surface area contributed by atoms with Gasteiger partial charge in [0, 0.05) is 17.0 Å². The second-order valence-electron chi connectivity index (χ2n) is 6.42. The number of thiophene rings is 1. The summed E-state index contributed by atoms with van der Waals surface area (Å²) in [4.78, 5) is 6.06. The van der Waals surface area contributed by atoms with Gasteiger partial charge in [0.2, 0.25) is 0 Å². The van der Waals surface area contributed by atoms with Gasteiger partial charge in [0.25, 0.3) is 0 Å². The first kappa shape index (κ1) is 16.0. The maximum absolute atomic E-state index is 6.55. The third-order valence-electron chi connectivity index (χ3n) is 4.50. The molecule has 1 aromatic carbocycles. The van der Waals surface area contributed by atoms with Gasteiger partial charge in [0.1, 0.15) is 4.83 Å². The number of nitrogens with two attached hydrogens (primary N) is 1. The summed E-state index contributed by atoms with van der Waals surface area (Å²) in [5, 5.41) is 1.15. The van der Waals surface area contributed by atoms with Gasteiger partial charge in [-0.15, -0.1) is 23.1 Å². The highest BCUT2D eigenvalue weighted by Crippen LogP contribution is 2.47. The van der Waals surface area contributed by atoms with Crippen LogP contribution in [-0.2, 0) is 0 Å². The molecule has 2 heterocycles. The van der Waals surface area contributed by atoms with Crippen molar-refractivity contribution in [2.24, 2.45) is 0 Å². The number of unbranched alkanes of at least 4 members (excludes halogenated alkanes) is 1. The first-order valence-electron chi connectivity index (χ1n) is 8.69. The van der Waals surface area contributed by atoms with E-state index < -0.39 is 0 Å². The zero-order valence-corrected chi connectivity index (χ0v) is 15.6. The smallest absolute Gasteiger partial charge is 0.127 e. The van der Waals surface area contributed by atoms with E-state index >= 15 is 0 Å². The maximum atomic E-state index is 6.55. The Morgan fingerprint density at radius 3 is 2.75 bits per heavy atom. The van der Waals surface area contributed by atoms with Crippen LogP contribution in [0.3, 0.4) is 0 Å². The molecule has 2 N–H and O–H groups in total. The Morgan fingerprint density at radius 2 is 2.04 bits per heavy atom. The molecule has 0 radical (unpaired) electrons. The quantitative estimate of drug-likeness (QED) is 0.416. The minimum Gasteiger partial charge on any atom is -0.397 e. The Bertz CT molecular complexity index is 851. The average Bonchev–Trinajstić information content (AvgIpc) is 3.41.